The van der Waals surface area contributed by atoms with Crippen molar-refractivity contribution in [3.63, 3.8) is 0 Å². The lowest BCUT2D eigenvalue weighted by Gasteiger charge is -2.31. The fourth-order valence-electron chi connectivity index (χ4n) is 4.04. The quantitative estimate of drug-likeness (QED) is 0.387. The minimum Gasteiger partial charge on any atom is -0.352 e. The van der Waals surface area contributed by atoms with Crippen LogP contribution in [0, 0.1) is 6.92 Å². The molecule has 1 fully saturated rings. The summed E-state index contributed by atoms with van der Waals surface area (Å²) in [4.78, 5) is 29.1. The molecule has 2 aromatic carbocycles. The van der Waals surface area contributed by atoms with Crippen LogP contribution in [-0.4, -0.2) is 34.6 Å². The second-order valence-corrected chi connectivity index (χ2v) is 10.6. The molecule has 1 atom stereocenters. The van der Waals surface area contributed by atoms with Crippen LogP contribution in [0.1, 0.15) is 56.6 Å². The predicted molar refractivity (Wildman–Crippen MR) is 138 cm³/mol. The van der Waals surface area contributed by atoms with Crippen molar-refractivity contribution in [1.29, 1.82) is 0 Å². The Kier molecular flexibility index (Phi) is 9.96. The first-order chi connectivity index (χ1) is 15.8. The van der Waals surface area contributed by atoms with E-state index in [1.807, 2.05) is 0 Å². The van der Waals surface area contributed by atoms with Crippen LogP contribution in [0.3, 0.4) is 0 Å². The summed E-state index contributed by atoms with van der Waals surface area (Å²) in [6.07, 6.45) is 5.80. The number of rotatable bonds is 9. The Labute approximate surface area is 211 Å². The van der Waals surface area contributed by atoms with Gasteiger partial charge in [-0.3, -0.25) is 9.59 Å². The molecule has 3 rings (SSSR count). The molecule has 33 heavy (non-hydrogen) atoms. The van der Waals surface area contributed by atoms with Crippen LogP contribution in [0.15, 0.2) is 47.4 Å². The molecule has 1 aliphatic rings. The van der Waals surface area contributed by atoms with Crippen molar-refractivity contribution in [2.75, 3.05) is 5.75 Å². The molecule has 1 aliphatic carbocycles. The van der Waals surface area contributed by atoms with E-state index >= 15 is 0 Å². The van der Waals surface area contributed by atoms with Crippen molar-refractivity contribution < 1.29 is 9.59 Å². The van der Waals surface area contributed by atoms with Gasteiger partial charge in [0.05, 0.1) is 0 Å². The van der Waals surface area contributed by atoms with E-state index in [1.54, 1.807) is 41.8 Å². The lowest BCUT2D eigenvalue weighted by atomic mass is 9.95. The summed E-state index contributed by atoms with van der Waals surface area (Å²) in [5.41, 5.74) is 1.87. The van der Waals surface area contributed by atoms with Gasteiger partial charge in [-0.15, -0.1) is 11.8 Å². The number of halogens is 2. The number of benzene rings is 2. The zero-order valence-electron chi connectivity index (χ0n) is 19.3. The van der Waals surface area contributed by atoms with E-state index in [0.717, 1.165) is 30.6 Å². The van der Waals surface area contributed by atoms with Gasteiger partial charge in [-0.05, 0) is 51.0 Å². The Morgan fingerprint density at radius 1 is 1.06 bits per heavy atom. The number of nitrogens with one attached hydrogen (secondary N) is 1. The molecule has 2 amide bonds. The third-order valence-corrected chi connectivity index (χ3v) is 7.84. The summed E-state index contributed by atoms with van der Waals surface area (Å²) in [5.74, 6) is 0.424. The number of amides is 2. The number of aryl methyl sites for hydroxylation is 1. The number of thioether (sulfide) groups is 1. The van der Waals surface area contributed by atoms with E-state index in [-0.39, 0.29) is 24.4 Å². The molecule has 4 nitrogen and oxygen atoms in total. The molecule has 2 aromatic rings. The van der Waals surface area contributed by atoms with Crippen molar-refractivity contribution in [2.24, 2.45) is 0 Å². The van der Waals surface area contributed by atoms with Crippen LogP contribution in [0.5, 0.6) is 0 Å². The molecule has 0 radical (unpaired) electrons. The topological polar surface area (TPSA) is 49.4 Å². The molecule has 178 valence electrons. The van der Waals surface area contributed by atoms with Crippen LogP contribution >= 0.6 is 35.0 Å². The van der Waals surface area contributed by atoms with Crippen molar-refractivity contribution in [2.45, 2.75) is 75.9 Å². The number of carbonyl (C=O) groups is 2. The van der Waals surface area contributed by atoms with Crippen LogP contribution in [0.25, 0.3) is 0 Å². The Bertz CT molecular complexity index is 926. The molecule has 0 saturated heterocycles. The van der Waals surface area contributed by atoms with Crippen LogP contribution in [-0.2, 0) is 16.1 Å². The third kappa shape index (κ3) is 7.66. The van der Waals surface area contributed by atoms with Gasteiger partial charge in [-0.25, -0.2) is 0 Å². The molecule has 0 aromatic heterocycles. The summed E-state index contributed by atoms with van der Waals surface area (Å²) in [5, 5.41) is 4.14. The Hall–Kier alpha value is -1.69. The fourth-order valence-corrected chi connectivity index (χ4v) is 5.40. The van der Waals surface area contributed by atoms with E-state index in [4.69, 9.17) is 23.2 Å². The standard InChI is InChI=1S/C26H32Cl2N2O2S/c1-18-11-13-21(14-12-18)33-16-15-25(31)30(17-22-23(27)9-6-10-24(22)28)19(2)26(32)29-20-7-4-3-5-8-20/h6,9-14,19-20H,3-5,7-8,15-17H2,1-2H3,(H,29,32). The SMILES string of the molecule is Cc1ccc(SCCC(=O)N(Cc2c(Cl)cccc2Cl)C(C)C(=O)NC2CCCCC2)cc1. The highest BCUT2D eigenvalue weighted by molar-refractivity contribution is 7.99. The maximum atomic E-state index is 13.3. The highest BCUT2D eigenvalue weighted by atomic mass is 35.5. The Balaban J connectivity index is 1.69. The second-order valence-electron chi connectivity index (χ2n) is 8.65. The maximum Gasteiger partial charge on any atom is 0.242 e. The lowest BCUT2D eigenvalue weighted by molar-refractivity contribution is -0.140. The first-order valence-corrected chi connectivity index (χ1v) is 13.3. The summed E-state index contributed by atoms with van der Waals surface area (Å²) in [7, 11) is 0. The van der Waals surface area contributed by atoms with E-state index in [0.29, 0.717) is 27.8 Å². The van der Waals surface area contributed by atoms with Gasteiger partial charge in [-0.1, -0.05) is 66.2 Å². The zero-order chi connectivity index (χ0) is 23.8. The first kappa shape index (κ1) is 25.9. The van der Waals surface area contributed by atoms with E-state index in [2.05, 4.69) is 36.5 Å². The zero-order valence-corrected chi connectivity index (χ0v) is 21.6. The molecular weight excluding hydrogens is 475 g/mol. The smallest absolute Gasteiger partial charge is 0.242 e. The molecule has 0 aliphatic heterocycles. The molecule has 1 saturated carbocycles. The third-order valence-electron chi connectivity index (χ3n) is 6.11. The highest BCUT2D eigenvalue weighted by Gasteiger charge is 2.29. The summed E-state index contributed by atoms with van der Waals surface area (Å²) in [6, 6.07) is 13.1. The molecule has 1 N–H and O–H groups in total. The predicted octanol–water partition coefficient (Wildman–Crippen LogP) is 6.65. The number of hydrogen-bond acceptors (Lipinski definition) is 3. The second kappa shape index (κ2) is 12.7. The van der Waals surface area contributed by atoms with Crippen molar-refractivity contribution in [3.05, 3.63) is 63.6 Å². The normalized spacial score (nSPS) is 15.2. The number of hydrogen-bond donors (Lipinski definition) is 1. The number of carbonyl (C=O) groups excluding carboxylic acids is 2. The average molecular weight is 508 g/mol. The van der Waals surface area contributed by atoms with Crippen LogP contribution < -0.4 is 5.32 Å². The van der Waals surface area contributed by atoms with Crippen molar-refractivity contribution in [3.8, 4) is 0 Å². The van der Waals surface area contributed by atoms with E-state index in [1.165, 1.54) is 12.0 Å². The van der Waals surface area contributed by atoms with Gasteiger partial charge in [0.15, 0.2) is 0 Å². The van der Waals surface area contributed by atoms with Gasteiger partial charge < -0.3 is 10.2 Å². The van der Waals surface area contributed by atoms with Crippen molar-refractivity contribution >= 4 is 46.8 Å². The molecule has 0 heterocycles. The first-order valence-electron chi connectivity index (χ1n) is 11.6. The van der Waals surface area contributed by atoms with Gasteiger partial charge in [0.25, 0.3) is 0 Å². The Morgan fingerprint density at radius 2 is 1.70 bits per heavy atom. The monoisotopic (exact) mass is 506 g/mol. The lowest BCUT2D eigenvalue weighted by Crippen LogP contribution is -2.50. The molecule has 0 spiro atoms. The summed E-state index contributed by atoms with van der Waals surface area (Å²) >= 11 is 14.4. The van der Waals surface area contributed by atoms with Gasteiger partial charge in [0.1, 0.15) is 6.04 Å². The van der Waals surface area contributed by atoms with Gasteiger partial charge >= 0.3 is 0 Å². The molecular formula is C26H32Cl2N2O2S. The van der Waals surface area contributed by atoms with E-state index in [9.17, 15) is 9.59 Å². The van der Waals surface area contributed by atoms with Crippen LogP contribution in [0.2, 0.25) is 10.0 Å². The maximum absolute atomic E-state index is 13.3. The Morgan fingerprint density at radius 3 is 2.33 bits per heavy atom. The summed E-state index contributed by atoms with van der Waals surface area (Å²) in [6.45, 7) is 4.04. The van der Waals surface area contributed by atoms with E-state index < -0.39 is 6.04 Å². The fraction of sp³-hybridized carbons (Fsp3) is 0.462. The largest absolute Gasteiger partial charge is 0.352 e. The minimum atomic E-state index is -0.615. The molecule has 7 heteroatoms. The molecule has 1 unspecified atom stereocenters. The average Bonchev–Trinajstić information content (AvgIpc) is 2.80. The van der Waals surface area contributed by atoms with Crippen molar-refractivity contribution in [1.82, 2.24) is 10.2 Å². The van der Waals surface area contributed by atoms with Crippen LogP contribution in [0.4, 0.5) is 0 Å². The van der Waals surface area contributed by atoms with Gasteiger partial charge in [-0.2, -0.15) is 0 Å². The minimum absolute atomic E-state index is 0.0862. The van der Waals surface area contributed by atoms with Gasteiger partial charge in [0.2, 0.25) is 11.8 Å². The molecule has 0 bridgehead atoms. The van der Waals surface area contributed by atoms with Gasteiger partial charge in [0, 0.05) is 45.3 Å². The number of nitrogens with zero attached hydrogens (tertiary/aromatic N) is 1. The summed E-state index contributed by atoms with van der Waals surface area (Å²) < 4.78 is 0. The highest BCUT2D eigenvalue weighted by Crippen LogP contribution is 2.27.